The zero-order chi connectivity index (χ0) is 20.0. The maximum atomic E-state index is 12.3. The number of carbonyl (C=O) groups is 2. The van der Waals surface area contributed by atoms with Crippen LogP contribution in [0.3, 0.4) is 0 Å². The number of aliphatic carboxylic acids is 1. The van der Waals surface area contributed by atoms with Crippen molar-refractivity contribution in [1.29, 1.82) is 0 Å². The first-order chi connectivity index (χ1) is 12.9. The minimum absolute atomic E-state index is 0.0176. The van der Waals surface area contributed by atoms with Gasteiger partial charge in [0.1, 0.15) is 11.3 Å². The zero-order valence-corrected chi connectivity index (χ0v) is 16.3. The van der Waals surface area contributed by atoms with Crippen LogP contribution in [-0.2, 0) is 16.0 Å². The molecule has 0 radical (unpaired) electrons. The smallest absolute Gasteiger partial charge is 0.339 e. The van der Waals surface area contributed by atoms with E-state index in [1.165, 1.54) is 18.9 Å². The van der Waals surface area contributed by atoms with E-state index in [-0.39, 0.29) is 19.3 Å². The Morgan fingerprint density at radius 2 is 2.11 bits per heavy atom. The van der Waals surface area contributed by atoms with Gasteiger partial charge >= 0.3 is 5.63 Å². The molecule has 2 aromatic rings. The Bertz CT molecular complexity index is 892. The molecule has 0 aliphatic carbocycles. The SMILES string of the molecule is COc1ccc2c(C)c(CCC(=O)N[C@@H](CCSC)C(=O)[O-])c(=O)oc2c1. The van der Waals surface area contributed by atoms with E-state index < -0.39 is 23.5 Å². The average molecular weight is 392 g/mol. The Hall–Kier alpha value is -2.48. The molecule has 0 saturated heterocycles. The van der Waals surface area contributed by atoms with Crippen molar-refractivity contribution in [2.45, 2.75) is 32.2 Å². The molecule has 0 unspecified atom stereocenters. The Morgan fingerprint density at radius 1 is 1.37 bits per heavy atom. The van der Waals surface area contributed by atoms with Crippen LogP contribution in [0, 0.1) is 6.92 Å². The highest BCUT2D eigenvalue weighted by Crippen LogP contribution is 2.24. The van der Waals surface area contributed by atoms with Crippen LogP contribution >= 0.6 is 11.8 Å². The fraction of sp³-hybridized carbons (Fsp3) is 0.421. The van der Waals surface area contributed by atoms with Gasteiger partial charge in [-0.1, -0.05) is 0 Å². The molecule has 146 valence electrons. The highest BCUT2D eigenvalue weighted by molar-refractivity contribution is 7.98. The van der Waals surface area contributed by atoms with E-state index in [9.17, 15) is 19.5 Å². The maximum Gasteiger partial charge on any atom is 0.339 e. The van der Waals surface area contributed by atoms with Crippen LogP contribution < -0.4 is 20.8 Å². The number of rotatable bonds is 9. The van der Waals surface area contributed by atoms with Gasteiger partial charge in [0.05, 0.1) is 19.1 Å². The number of ether oxygens (including phenoxy) is 1. The second-order valence-electron chi connectivity index (χ2n) is 6.08. The molecular weight excluding hydrogens is 370 g/mol. The van der Waals surface area contributed by atoms with Crippen molar-refractivity contribution in [2.24, 2.45) is 0 Å². The summed E-state index contributed by atoms with van der Waals surface area (Å²) in [5.41, 5.74) is 1.03. The topological polar surface area (TPSA) is 109 Å². The molecular formula is C19H22NO6S-. The lowest BCUT2D eigenvalue weighted by Crippen LogP contribution is -2.48. The molecule has 8 heteroatoms. The van der Waals surface area contributed by atoms with Crippen LogP contribution in [0.1, 0.15) is 24.0 Å². The first-order valence-electron chi connectivity index (χ1n) is 8.46. The van der Waals surface area contributed by atoms with Gasteiger partial charge in [0.15, 0.2) is 0 Å². The molecule has 0 fully saturated rings. The third kappa shape index (κ3) is 5.26. The van der Waals surface area contributed by atoms with Gasteiger partial charge in [0.2, 0.25) is 5.91 Å². The fourth-order valence-corrected chi connectivity index (χ4v) is 3.25. The van der Waals surface area contributed by atoms with Gasteiger partial charge in [-0.25, -0.2) is 4.79 Å². The number of methoxy groups -OCH3 is 1. The van der Waals surface area contributed by atoms with Crippen LogP contribution in [0.2, 0.25) is 0 Å². The molecule has 2 rings (SSSR count). The first kappa shape index (κ1) is 20.8. The Morgan fingerprint density at radius 3 is 2.74 bits per heavy atom. The Balaban J connectivity index is 2.13. The Labute approximate surface area is 161 Å². The van der Waals surface area contributed by atoms with Crippen LogP contribution in [-0.4, -0.2) is 37.0 Å². The molecule has 1 N–H and O–H groups in total. The monoisotopic (exact) mass is 392 g/mol. The summed E-state index contributed by atoms with van der Waals surface area (Å²) in [7, 11) is 1.53. The van der Waals surface area contributed by atoms with Gasteiger partial charge in [-0.05, 0) is 49.5 Å². The lowest BCUT2D eigenvalue weighted by molar-refractivity contribution is -0.308. The third-order valence-corrected chi connectivity index (χ3v) is 4.97. The minimum Gasteiger partial charge on any atom is -0.548 e. The van der Waals surface area contributed by atoms with Crippen molar-refractivity contribution in [3.8, 4) is 5.75 Å². The van der Waals surface area contributed by atoms with E-state index >= 15 is 0 Å². The molecule has 1 atom stereocenters. The average Bonchev–Trinajstić information content (AvgIpc) is 2.64. The van der Waals surface area contributed by atoms with Gasteiger partial charge in [-0.15, -0.1) is 0 Å². The largest absolute Gasteiger partial charge is 0.548 e. The highest BCUT2D eigenvalue weighted by atomic mass is 32.2. The first-order valence-corrected chi connectivity index (χ1v) is 9.86. The van der Waals surface area contributed by atoms with Crippen LogP contribution in [0.4, 0.5) is 0 Å². The molecule has 1 aromatic carbocycles. The summed E-state index contributed by atoms with van der Waals surface area (Å²) in [6, 6.07) is 4.16. The molecule has 0 bridgehead atoms. The molecule has 1 heterocycles. The Kier molecular flexibility index (Phi) is 7.29. The number of benzene rings is 1. The number of fused-ring (bicyclic) bond motifs is 1. The fourth-order valence-electron chi connectivity index (χ4n) is 2.78. The van der Waals surface area contributed by atoms with Gasteiger partial charge in [0, 0.05) is 23.4 Å². The molecule has 1 amide bonds. The molecule has 0 aliphatic heterocycles. The number of nitrogens with one attached hydrogen (secondary N) is 1. The van der Waals surface area contributed by atoms with Crippen molar-refractivity contribution in [2.75, 3.05) is 19.1 Å². The summed E-state index contributed by atoms with van der Waals surface area (Å²) in [6.45, 7) is 1.79. The summed E-state index contributed by atoms with van der Waals surface area (Å²) in [6.07, 6.45) is 2.28. The molecule has 0 aliphatic rings. The van der Waals surface area contributed by atoms with Gasteiger partial charge in [0.25, 0.3) is 0 Å². The lowest BCUT2D eigenvalue weighted by Gasteiger charge is -2.19. The van der Waals surface area contributed by atoms with Gasteiger partial charge in [-0.2, -0.15) is 11.8 Å². The van der Waals surface area contributed by atoms with E-state index in [4.69, 9.17) is 9.15 Å². The van der Waals surface area contributed by atoms with Gasteiger partial charge < -0.3 is 24.4 Å². The highest BCUT2D eigenvalue weighted by Gasteiger charge is 2.16. The second-order valence-corrected chi connectivity index (χ2v) is 7.06. The normalized spacial score (nSPS) is 12.0. The number of amides is 1. The van der Waals surface area contributed by atoms with E-state index in [1.807, 2.05) is 6.26 Å². The number of aryl methyl sites for hydroxylation is 1. The summed E-state index contributed by atoms with van der Waals surface area (Å²) < 4.78 is 10.5. The maximum absolute atomic E-state index is 12.3. The summed E-state index contributed by atoms with van der Waals surface area (Å²) in [4.78, 5) is 35.5. The van der Waals surface area contributed by atoms with Crippen molar-refractivity contribution < 1.29 is 23.8 Å². The van der Waals surface area contributed by atoms with Crippen molar-refractivity contribution in [1.82, 2.24) is 5.32 Å². The van der Waals surface area contributed by atoms with Crippen molar-refractivity contribution in [3.63, 3.8) is 0 Å². The second kappa shape index (κ2) is 9.45. The predicted octanol–water partition coefficient (Wildman–Crippen LogP) is 1.03. The lowest BCUT2D eigenvalue weighted by atomic mass is 10.0. The molecule has 0 saturated carbocycles. The zero-order valence-electron chi connectivity index (χ0n) is 15.5. The van der Waals surface area contributed by atoms with Crippen LogP contribution in [0.15, 0.2) is 27.4 Å². The van der Waals surface area contributed by atoms with Gasteiger partial charge in [-0.3, -0.25) is 4.79 Å². The van der Waals surface area contributed by atoms with E-state index in [0.29, 0.717) is 22.6 Å². The summed E-state index contributed by atoms with van der Waals surface area (Å²) in [5, 5.41) is 14.3. The molecule has 27 heavy (non-hydrogen) atoms. The standard InChI is InChI=1S/C19H23NO6S/c1-11-13-5-4-12(25-2)10-16(13)26-19(24)14(11)6-7-17(21)20-15(18(22)23)8-9-27-3/h4-5,10,15H,6-9H2,1-3H3,(H,20,21)(H,22,23)/p-1/t15-/m0/s1. The van der Waals surface area contributed by atoms with E-state index in [0.717, 1.165) is 10.9 Å². The number of hydrogen-bond donors (Lipinski definition) is 1. The third-order valence-electron chi connectivity index (χ3n) is 4.33. The predicted molar refractivity (Wildman–Crippen MR) is 102 cm³/mol. The molecule has 0 spiro atoms. The van der Waals surface area contributed by atoms with Crippen LogP contribution in [0.25, 0.3) is 11.0 Å². The molecule has 7 nitrogen and oxygen atoms in total. The number of hydrogen-bond acceptors (Lipinski definition) is 7. The van der Waals surface area contributed by atoms with E-state index in [1.54, 1.807) is 25.1 Å². The number of thioether (sulfide) groups is 1. The summed E-state index contributed by atoms with van der Waals surface area (Å²) in [5.74, 6) is -0.585. The van der Waals surface area contributed by atoms with Crippen molar-refractivity contribution in [3.05, 3.63) is 39.7 Å². The molecule has 1 aromatic heterocycles. The number of carboxylic acid groups (broad SMARTS) is 1. The number of carbonyl (C=O) groups excluding carboxylic acids is 2. The number of carboxylic acids is 1. The van der Waals surface area contributed by atoms with Crippen molar-refractivity contribution >= 4 is 34.6 Å². The summed E-state index contributed by atoms with van der Waals surface area (Å²) >= 11 is 1.49. The minimum atomic E-state index is -1.31. The van der Waals surface area contributed by atoms with Crippen LogP contribution in [0.5, 0.6) is 5.75 Å². The quantitative estimate of drug-likeness (QED) is 0.635. The van der Waals surface area contributed by atoms with E-state index in [2.05, 4.69) is 5.32 Å².